The topological polar surface area (TPSA) is 32.3 Å². The molecule has 70 valence electrons. The van der Waals surface area contributed by atoms with Gasteiger partial charge in [-0.1, -0.05) is 0 Å². The number of nitrogens with one attached hydrogen (secondary N) is 1. The maximum atomic E-state index is 13.1. The molecule has 1 fully saturated rings. The highest BCUT2D eigenvalue weighted by Crippen LogP contribution is 2.32. The molecule has 0 bridgehead atoms. The largest absolute Gasteiger partial charge is 0.505 e. The summed E-state index contributed by atoms with van der Waals surface area (Å²) in [5.41, 5.74) is 0.0961. The maximum absolute atomic E-state index is 13.1. The highest BCUT2D eigenvalue weighted by molar-refractivity contribution is 5.39. The van der Waals surface area contributed by atoms with Gasteiger partial charge in [0, 0.05) is 24.6 Å². The van der Waals surface area contributed by atoms with Crippen LogP contribution in [0.25, 0.3) is 0 Å². The van der Waals surface area contributed by atoms with Crippen LogP contribution in [0.5, 0.6) is 5.75 Å². The Kier molecular flexibility index (Phi) is 1.92. The van der Waals surface area contributed by atoms with Crippen molar-refractivity contribution in [2.45, 2.75) is 5.92 Å². The molecule has 0 radical (unpaired) electrons. The molecule has 1 aliphatic rings. The summed E-state index contributed by atoms with van der Waals surface area (Å²) in [5, 5.41) is 12.2. The maximum Gasteiger partial charge on any atom is 0.165 e. The predicted molar refractivity (Wildman–Crippen MR) is 43.6 cm³/mol. The second-order valence-electron chi connectivity index (χ2n) is 3.15. The van der Waals surface area contributed by atoms with Gasteiger partial charge in [0.1, 0.15) is 5.82 Å². The lowest BCUT2D eigenvalue weighted by Gasteiger charge is -2.28. The summed E-state index contributed by atoms with van der Waals surface area (Å²) >= 11 is 0. The predicted octanol–water partition coefficient (Wildman–Crippen LogP) is 1.36. The highest BCUT2D eigenvalue weighted by Gasteiger charge is 2.26. The third-order valence-electron chi connectivity index (χ3n) is 2.30. The Bertz CT molecular complexity index is 337. The van der Waals surface area contributed by atoms with Gasteiger partial charge >= 0.3 is 0 Å². The summed E-state index contributed by atoms with van der Waals surface area (Å²) in [6.07, 6.45) is 0. The molecule has 1 aromatic rings. The summed E-state index contributed by atoms with van der Waals surface area (Å²) in [7, 11) is 0. The molecular formula is C9H9F2NO. The standard InChI is InChI=1S/C9H9F2NO/c10-6-1-2-7(11)9(13)8(6)5-3-12-4-5/h1-2,5,12-13H,3-4H2. The van der Waals surface area contributed by atoms with Crippen molar-refractivity contribution in [2.75, 3.05) is 13.1 Å². The average Bonchev–Trinajstić information content (AvgIpc) is 2.02. The van der Waals surface area contributed by atoms with Gasteiger partial charge in [-0.3, -0.25) is 0 Å². The Morgan fingerprint density at radius 1 is 1.23 bits per heavy atom. The fourth-order valence-electron chi connectivity index (χ4n) is 1.44. The number of rotatable bonds is 1. The summed E-state index contributed by atoms with van der Waals surface area (Å²) < 4.78 is 26.0. The van der Waals surface area contributed by atoms with Crippen LogP contribution < -0.4 is 5.32 Å². The van der Waals surface area contributed by atoms with Crippen molar-refractivity contribution < 1.29 is 13.9 Å². The monoisotopic (exact) mass is 185 g/mol. The van der Waals surface area contributed by atoms with Crippen LogP contribution in [0, 0.1) is 11.6 Å². The molecule has 2 N–H and O–H groups in total. The summed E-state index contributed by atoms with van der Waals surface area (Å²) in [4.78, 5) is 0. The van der Waals surface area contributed by atoms with Gasteiger partial charge in [0.25, 0.3) is 0 Å². The molecule has 1 saturated heterocycles. The molecule has 4 heteroatoms. The van der Waals surface area contributed by atoms with E-state index in [0.717, 1.165) is 12.1 Å². The van der Waals surface area contributed by atoms with Crippen LogP contribution in [0.4, 0.5) is 8.78 Å². The normalized spacial score (nSPS) is 17.1. The Morgan fingerprint density at radius 2 is 1.85 bits per heavy atom. The van der Waals surface area contributed by atoms with Crippen molar-refractivity contribution in [2.24, 2.45) is 0 Å². The first-order valence-corrected chi connectivity index (χ1v) is 4.07. The average molecular weight is 185 g/mol. The van der Waals surface area contributed by atoms with Crippen LogP contribution in [-0.4, -0.2) is 18.2 Å². The van der Waals surface area contributed by atoms with E-state index >= 15 is 0 Å². The van der Waals surface area contributed by atoms with E-state index in [4.69, 9.17) is 0 Å². The van der Waals surface area contributed by atoms with E-state index < -0.39 is 17.4 Å². The van der Waals surface area contributed by atoms with Crippen molar-refractivity contribution in [3.8, 4) is 5.75 Å². The number of hydrogen-bond acceptors (Lipinski definition) is 2. The summed E-state index contributed by atoms with van der Waals surface area (Å²) in [6.45, 7) is 1.18. The zero-order valence-electron chi connectivity index (χ0n) is 6.85. The lowest BCUT2D eigenvalue weighted by atomic mass is 9.92. The second kappa shape index (κ2) is 2.96. The first-order valence-electron chi connectivity index (χ1n) is 4.07. The molecule has 2 nitrogen and oxygen atoms in total. The van der Waals surface area contributed by atoms with Gasteiger partial charge in [-0.15, -0.1) is 0 Å². The molecule has 0 aromatic heterocycles. The minimum Gasteiger partial charge on any atom is -0.505 e. The van der Waals surface area contributed by atoms with Crippen LogP contribution >= 0.6 is 0 Å². The Balaban J connectivity index is 2.46. The lowest BCUT2D eigenvalue weighted by Crippen LogP contribution is -2.40. The molecule has 0 aliphatic carbocycles. The molecule has 1 aromatic carbocycles. The zero-order valence-corrected chi connectivity index (χ0v) is 6.85. The third kappa shape index (κ3) is 1.27. The molecular weight excluding hydrogens is 176 g/mol. The highest BCUT2D eigenvalue weighted by atomic mass is 19.1. The van der Waals surface area contributed by atoms with E-state index in [9.17, 15) is 13.9 Å². The van der Waals surface area contributed by atoms with Crippen LogP contribution in [0.1, 0.15) is 11.5 Å². The summed E-state index contributed by atoms with van der Waals surface area (Å²) in [6, 6.07) is 1.98. The first kappa shape index (κ1) is 8.44. The van der Waals surface area contributed by atoms with Crippen molar-refractivity contribution in [1.82, 2.24) is 5.32 Å². The van der Waals surface area contributed by atoms with Gasteiger partial charge in [-0.2, -0.15) is 0 Å². The van der Waals surface area contributed by atoms with Crippen molar-refractivity contribution in [1.29, 1.82) is 0 Å². The third-order valence-corrected chi connectivity index (χ3v) is 2.30. The van der Waals surface area contributed by atoms with E-state index in [-0.39, 0.29) is 11.5 Å². The van der Waals surface area contributed by atoms with Gasteiger partial charge in [-0.25, -0.2) is 8.78 Å². The number of phenols is 1. The molecule has 0 spiro atoms. The number of halogens is 2. The molecule has 1 aliphatic heterocycles. The van der Waals surface area contributed by atoms with E-state index in [1.807, 2.05) is 0 Å². The van der Waals surface area contributed by atoms with E-state index in [1.54, 1.807) is 0 Å². The van der Waals surface area contributed by atoms with Gasteiger partial charge in [-0.05, 0) is 12.1 Å². The van der Waals surface area contributed by atoms with E-state index in [1.165, 1.54) is 0 Å². The second-order valence-corrected chi connectivity index (χ2v) is 3.15. The first-order chi connectivity index (χ1) is 6.20. The number of aromatic hydroxyl groups is 1. The Labute approximate surface area is 74.2 Å². The molecule has 0 amide bonds. The molecule has 1 heterocycles. The van der Waals surface area contributed by atoms with Crippen molar-refractivity contribution in [3.63, 3.8) is 0 Å². The van der Waals surface area contributed by atoms with Crippen LogP contribution in [-0.2, 0) is 0 Å². The van der Waals surface area contributed by atoms with Gasteiger partial charge in [0.2, 0.25) is 0 Å². The Hall–Kier alpha value is -1.16. The van der Waals surface area contributed by atoms with Crippen LogP contribution in [0.3, 0.4) is 0 Å². The molecule has 13 heavy (non-hydrogen) atoms. The van der Waals surface area contributed by atoms with E-state index in [2.05, 4.69) is 5.32 Å². The summed E-state index contributed by atoms with van der Waals surface area (Å²) in [5.74, 6) is -1.95. The zero-order chi connectivity index (χ0) is 9.42. The number of phenolic OH excluding ortho intramolecular Hbond substituents is 1. The minimum absolute atomic E-state index is 0.0961. The van der Waals surface area contributed by atoms with Gasteiger partial charge in [0.05, 0.1) is 0 Å². The van der Waals surface area contributed by atoms with Gasteiger partial charge in [0.15, 0.2) is 11.6 Å². The van der Waals surface area contributed by atoms with Crippen molar-refractivity contribution >= 4 is 0 Å². The van der Waals surface area contributed by atoms with Crippen LogP contribution in [0.2, 0.25) is 0 Å². The fraction of sp³-hybridized carbons (Fsp3) is 0.333. The SMILES string of the molecule is Oc1c(F)ccc(F)c1C1CNC1. The molecule has 0 saturated carbocycles. The Morgan fingerprint density at radius 3 is 2.38 bits per heavy atom. The smallest absolute Gasteiger partial charge is 0.165 e. The van der Waals surface area contributed by atoms with Crippen LogP contribution in [0.15, 0.2) is 12.1 Å². The van der Waals surface area contributed by atoms with Gasteiger partial charge < -0.3 is 10.4 Å². The lowest BCUT2D eigenvalue weighted by molar-refractivity contribution is 0.377. The quantitative estimate of drug-likeness (QED) is 0.692. The molecule has 2 rings (SSSR count). The minimum atomic E-state index is -0.761. The van der Waals surface area contributed by atoms with E-state index in [0.29, 0.717) is 13.1 Å². The van der Waals surface area contributed by atoms with Crippen molar-refractivity contribution in [3.05, 3.63) is 29.3 Å². The fourth-order valence-corrected chi connectivity index (χ4v) is 1.44. The number of hydrogen-bond donors (Lipinski definition) is 2. The molecule has 0 unspecified atom stereocenters. The molecule has 0 atom stereocenters. The number of benzene rings is 1.